The lowest BCUT2D eigenvalue weighted by Crippen LogP contribution is -2.41. The minimum Gasteiger partial charge on any atom is -0.493 e. The molecular weight excluding hydrogens is 344 g/mol. The third-order valence-electron chi connectivity index (χ3n) is 5.08. The lowest BCUT2D eigenvalue weighted by atomic mass is 9.97. The molecule has 0 atom stereocenters. The van der Waals surface area contributed by atoms with E-state index in [4.69, 9.17) is 9.47 Å². The van der Waals surface area contributed by atoms with Crippen molar-refractivity contribution in [1.82, 2.24) is 14.7 Å². The van der Waals surface area contributed by atoms with Crippen molar-refractivity contribution in [3.63, 3.8) is 0 Å². The second-order valence-corrected chi connectivity index (χ2v) is 7.01. The van der Waals surface area contributed by atoms with Crippen LogP contribution in [-0.4, -0.2) is 48.0 Å². The van der Waals surface area contributed by atoms with Gasteiger partial charge in [0.25, 0.3) is 0 Å². The molecule has 2 aromatic rings. The molecule has 7 nitrogen and oxygen atoms in total. The molecule has 3 rings (SSSR count). The molecule has 1 aromatic heterocycles. The summed E-state index contributed by atoms with van der Waals surface area (Å²) in [5, 5.41) is 7.50. The molecule has 0 aliphatic carbocycles. The summed E-state index contributed by atoms with van der Waals surface area (Å²) in [5.74, 6) is 1.67. The van der Waals surface area contributed by atoms with Crippen molar-refractivity contribution in [2.45, 2.75) is 33.2 Å². The van der Waals surface area contributed by atoms with Gasteiger partial charge in [-0.15, -0.1) is 0 Å². The lowest BCUT2D eigenvalue weighted by Gasteiger charge is -2.32. The number of ether oxygens (including phenoxy) is 2. The molecule has 1 fully saturated rings. The summed E-state index contributed by atoms with van der Waals surface area (Å²) >= 11 is 0. The fraction of sp³-hybridized carbons (Fsp3) is 0.500. The highest BCUT2D eigenvalue weighted by atomic mass is 16.5. The van der Waals surface area contributed by atoms with Crippen LogP contribution in [0.2, 0.25) is 0 Å². The number of para-hydroxylation sites is 1. The van der Waals surface area contributed by atoms with Gasteiger partial charge < -0.3 is 19.7 Å². The Morgan fingerprint density at radius 3 is 2.56 bits per heavy atom. The van der Waals surface area contributed by atoms with Crippen LogP contribution in [-0.2, 0) is 6.54 Å². The van der Waals surface area contributed by atoms with E-state index in [0.717, 1.165) is 38.2 Å². The second-order valence-electron chi connectivity index (χ2n) is 7.01. The minimum atomic E-state index is -0.105. The van der Waals surface area contributed by atoms with Gasteiger partial charge in [0.05, 0.1) is 25.6 Å². The van der Waals surface area contributed by atoms with Gasteiger partial charge in [-0.2, -0.15) is 5.10 Å². The molecule has 2 amide bonds. The summed E-state index contributed by atoms with van der Waals surface area (Å²) in [5.41, 5.74) is 2.86. The van der Waals surface area contributed by atoms with Gasteiger partial charge in [0, 0.05) is 25.3 Å². The normalized spacial score (nSPS) is 14.9. The van der Waals surface area contributed by atoms with Crippen LogP contribution in [0.4, 0.5) is 10.5 Å². The van der Waals surface area contributed by atoms with Gasteiger partial charge in [-0.1, -0.05) is 6.07 Å². The zero-order chi connectivity index (χ0) is 19.4. The van der Waals surface area contributed by atoms with Crippen molar-refractivity contribution in [1.29, 1.82) is 0 Å². The highest BCUT2D eigenvalue weighted by molar-refractivity contribution is 5.91. The van der Waals surface area contributed by atoms with Crippen LogP contribution < -0.4 is 14.8 Å². The summed E-state index contributed by atoms with van der Waals surface area (Å²) in [6, 6.07) is 7.45. The van der Waals surface area contributed by atoms with Crippen molar-refractivity contribution < 1.29 is 14.3 Å². The molecule has 1 aliphatic rings. The van der Waals surface area contributed by atoms with E-state index in [9.17, 15) is 4.79 Å². The topological polar surface area (TPSA) is 68.6 Å². The molecular formula is C20H28N4O3. The van der Waals surface area contributed by atoms with Crippen molar-refractivity contribution in [3.05, 3.63) is 35.7 Å². The molecule has 7 heteroatoms. The fourth-order valence-electron chi connectivity index (χ4n) is 3.60. The monoisotopic (exact) mass is 372 g/mol. The van der Waals surface area contributed by atoms with E-state index in [-0.39, 0.29) is 6.03 Å². The van der Waals surface area contributed by atoms with Gasteiger partial charge in [0.2, 0.25) is 0 Å². The lowest BCUT2D eigenvalue weighted by molar-refractivity contribution is 0.175. The molecule has 0 bridgehead atoms. The Balaban J connectivity index is 1.57. The Labute approximate surface area is 160 Å². The maximum absolute atomic E-state index is 12.7. The number of nitrogens with one attached hydrogen (secondary N) is 1. The first-order chi connectivity index (χ1) is 13.0. The van der Waals surface area contributed by atoms with Gasteiger partial charge in [0.1, 0.15) is 0 Å². The molecule has 0 saturated carbocycles. The third-order valence-corrected chi connectivity index (χ3v) is 5.08. The van der Waals surface area contributed by atoms with Gasteiger partial charge in [0.15, 0.2) is 11.5 Å². The molecule has 2 heterocycles. The predicted octanol–water partition coefficient (Wildman–Crippen LogP) is 3.46. The Morgan fingerprint density at radius 1 is 1.22 bits per heavy atom. The van der Waals surface area contributed by atoms with E-state index in [1.807, 2.05) is 24.0 Å². The number of nitrogens with zero attached hydrogens (tertiary/aromatic N) is 3. The van der Waals surface area contributed by atoms with Crippen LogP contribution in [0.25, 0.3) is 0 Å². The van der Waals surface area contributed by atoms with E-state index in [2.05, 4.69) is 28.1 Å². The summed E-state index contributed by atoms with van der Waals surface area (Å²) < 4.78 is 12.8. The number of piperidine rings is 1. The summed E-state index contributed by atoms with van der Waals surface area (Å²) in [6.45, 7) is 6.50. The molecule has 0 unspecified atom stereocenters. The standard InChI is InChI=1S/C20H28N4O3/c1-14-12-15(2)24(22-14)13-16-8-10-23(11-9-16)20(25)21-17-6-5-7-18(26-3)19(17)27-4/h5-7,12,16H,8-11,13H2,1-4H3,(H,21,25). The van der Waals surface area contributed by atoms with Gasteiger partial charge in [-0.05, 0) is 50.8 Å². The number of benzene rings is 1. The van der Waals surface area contributed by atoms with E-state index < -0.39 is 0 Å². The number of carbonyl (C=O) groups is 1. The van der Waals surface area contributed by atoms with Gasteiger partial charge in [-0.25, -0.2) is 4.79 Å². The first kappa shape index (κ1) is 19.1. The molecule has 1 saturated heterocycles. The van der Waals surface area contributed by atoms with E-state index in [0.29, 0.717) is 23.1 Å². The van der Waals surface area contributed by atoms with E-state index >= 15 is 0 Å². The Kier molecular flexibility index (Phi) is 5.88. The highest BCUT2D eigenvalue weighted by Crippen LogP contribution is 2.35. The van der Waals surface area contributed by atoms with Crippen LogP contribution in [0.1, 0.15) is 24.2 Å². The first-order valence-electron chi connectivity index (χ1n) is 9.29. The molecule has 0 spiro atoms. The molecule has 0 radical (unpaired) electrons. The quantitative estimate of drug-likeness (QED) is 0.873. The van der Waals surface area contributed by atoms with Crippen molar-refractivity contribution >= 4 is 11.7 Å². The largest absolute Gasteiger partial charge is 0.493 e. The SMILES string of the molecule is COc1cccc(NC(=O)N2CCC(Cn3nc(C)cc3C)CC2)c1OC. The average molecular weight is 372 g/mol. The average Bonchev–Trinajstić information content (AvgIpc) is 2.98. The molecule has 1 N–H and O–H groups in total. The number of aryl methyl sites for hydroxylation is 2. The van der Waals surface area contributed by atoms with E-state index in [1.165, 1.54) is 5.69 Å². The summed E-state index contributed by atoms with van der Waals surface area (Å²) in [6.07, 6.45) is 1.95. The van der Waals surface area contributed by atoms with Crippen molar-refractivity contribution in [3.8, 4) is 11.5 Å². The fourth-order valence-corrected chi connectivity index (χ4v) is 3.60. The highest BCUT2D eigenvalue weighted by Gasteiger charge is 2.24. The van der Waals surface area contributed by atoms with E-state index in [1.54, 1.807) is 20.3 Å². The van der Waals surface area contributed by atoms with Crippen LogP contribution >= 0.6 is 0 Å². The summed E-state index contributed by atoms with van der Waals surface area (Å²) in [7, 11) is 3.15. The van der Waals surface area contributed by atoms with Crippen molar-refractivity contribution in [2.24, 2.45) is 5.92 Å². The number of hydrogen-bond donors (Lipinski definition) is 1. The molecule has 1 aliphatic heterocycles. The summed E-state index contributed by atoms with van der Waals surface area (Å²) in [4.78, 5) is 14.5. The second kappa shape index (κ2) is 8.33. The number of amides is 2. The van der Waals surface area contributed by atoms with Gasteiger partial charge >= 0.3 is 6.03 Å². The number of likely N-dealkylation sites (tertiary alicyclic amines) is 1. The minimum absolute atomic E-state index is 0.105. The maximum Gasteiger partial charge on any atom is 0.321 e. The zero-order valence-electron chi connectivity index (χ0n) is 16.5. The smallest absolute Gasteiger partial charge is 0.321 e. The third kappa shape index (κ3) is 4.35. The number of carbonyl (C=O) groups excluding carboxylic acids is 1. The molecule has 1 aromatic carbocycles. The number of methoxy groups -OCH3 is 2. The Bertz CT molecular complexity index is 795. The molecule has 146 valence electrons. The maximum atomic E-state index is 12.7. The van der Waals surface area contributed by atoms with Crippen LogP contribution in [0, 0.1) is 19.8 Å². The number of rotatable bonds is 5. The Hall–Kier alpha value is -2.70. The molecule has 27 heavy (non-hydrogen) atoms. The number of urea groups is 1. The number of aromatic nitrogens is 2. The van der Waals surface area contributed by atoms with Crippen molar-refractivity contribution in [2.75, 3.05) is 32.6 Å². The van der Waals surface area contributed by atoms with Gasteiger partial charge in [-0.3, -0.25) is 4.68 Å². The number of hydrogen-bond acceptors (Lipinski definition) is 4. The zero-order valence-corrected chi connectivity index (χ0v) is 16.5. The number of anilines is 1. The predicted molar refractivity (Wildman–Crippen MR) is 105 cm³/mol. The Morgan fingerprint density at radius 2 is 1.96 bits per heavy atom. The van der Waals surface area contributed by atoms with Crippen LogP contribution in [0.15, 0.2) is 24.3 Å². The van der Waals surface area contributed by atoms with Crippen LogP contribution in [0.3, 0.4) is 0 Å². The first-order valence-corrected chi connectivity index (χ1v) is 9.29. The van der Waals surface area contributed by atoms with Crippen LogP contribution in [0.5, 0.6) is 11.5 Å².